The molecular weight excluding hydrogens is 440 g/mol. The van der Waals surface area contributed by atoms with E-state index >= 15 is 0 Å². The first-order valence-electron chi connectivity index (χ1n) is 10.7. The highest BCUT2D eigenvalue weighted by Gasteiger charge is 2.16. The highest BCUT2D eigenvalue weighted by molar-refractivity contribution is 7.99. The number of likely N-dealkylation sites (N-methyl/N-ethyl adjacent to an activating group) is 1. The number of aromatic nitrogens is 3. The highest BCUT2D eigenvalue weighted by Crippen LogP contribution is 2.28. The Morgan fingerprint density at radius 1 is 1.00 bits per heavy atom. The monoisotopic (exact) mass is 470 g/mol. The zero-order chi connectivity index (χ0) is 23.8. The van der Waals surface area contributed by atoms with Crippen molar-refractivity contribution in [1.82, 2.24) is 19.7 Å². The maximum absolute atomic E-state index is 12.7. The maximum atomic E-state index is 12.7. The average Bonchev–Trinajstić information content (AvgIpc) is 3.28. The van der Waals surface area contributed by atoms with Gasteiger partial charge in [-0.15, -0.1) is 10.2 Å². The third-order valence-electron chi connectivity index (χ3n) is 5.32. The summed E-state index contributed by atoms with van der Waals surface area (Å²) in [4.78, 5) is 14.4. The number of hydrogen-bond donors (Lipinski definition) is 0. The van der Waals surface area contributed by atoms with Crippen molar-refractivity contribution in [2.45, 2.75) is 25.0 Å². The van der Waals surface area contributed by atoms with Crippen LogP contribution >= 0.6 is 11.8 Å². The minimum absolute atomic E-state index is 0.0390. The molecule has 1 heterocycles. The topological polar surface area (TPSA) is 78.7 Å². The van der Waals surface area contributed by atoms with Gasteiger partial charge in [-0.3, -0.25) is 4.79 Å². The molecule has 0 saturated heterocycles. The first-order valence-corrected chi connectivity index (χ1v) is 11.6. The Balaban J connectivity index is 1.58. The second-order valence-electron chi connectivity index (χ2n) is 7.32. The van der Waals surface area contributed by atoms with Crippen molar-refractivity contribution >= 4 is 17.7 Å². The molecule has 0 N–H and O–H groups in total. The third-order valence-corrected chi connectivity index (χ3v) is 6.27. The predicted molar refractivity (Wildman–Crippen MR) is 129 cm³/mol. The fourth-order valence-electron chi connectivity index (χ4n) is 3.33. The number of amides is 1. The van der Waals surface area contributed by atoms with Crippen LogP contribution in [0.5, 0.6) is 17.2 Å². The molecular formula is C24H30N4O4S. The fourth-order valence-corrected chi connectivity index (χ4v) is 4.27. The van der Waals surface area contributed by atoms with Gasteiger partial charge in [0.15, 0.2) is 22.5 Å². The number of thioether (sulfide) groups is 1. The Labute approximate surface area is 198 Å². The van der Waals surface area contributed by atoms with Crippen LogP contribution in [0.2, 0.25) is 0 Å². The number of benzene rings is 2. The first-order chi connectivity index (χ1) is 16.0. The summed E-state index contributed by atoms with van der Waals surface area (Å²) in [5.74, 6) is 3.28. The van der Waals surface area contributed by atoms with Crippen molar-refractivity contribution in [3.63, 3.8) is 0 Å². The number of nitrogens with zero attached hydrogens (tertiary/aromatic N) is 4. The summed E-state index contributed by atoms with van der Waals surface area (Å²) in [6, 6.07) is 13.5. The maximum Gasteiger partial charge on any atom is 0.232 e. The van der Waals surface area contributed by atoms with Gasteiger partial charge in [0.2, 0.25) is 5.91 Å². The zero-order valence-corrected chi connectivity index (χ0v) is 20.5. The van der Waals surface area contributed by atoms with Crippen molar-refractivity contribution in [2.24, 2.45) is 0 Å². The Bertz CT molecular complexity index is 1070. The normalized spacial score (nSPS) is 10.7. The summed E-state index contributed by atoms with van der Waals surface area (Å²) in [6.07, 6.45) is 0.722. The van der Waals surface area contributed by atoms with Gasteiger partial charge in [0, 0.05) is 25.7 Å². The van der Waals surface area contributed by atoms with Crippen molar-refractivity contribution in [2.75, 3.05) is 40.7 Å². The van der Waals surface area contributed by atoms with Crippen LogP contribution < -0.4 is 14.2 Å². The van der Waals surface area contributed by atoms with Gasteiger partial charge >= 0.3 is 0 Å². The molecule has 0 aliphatic heterocycles. The lowest BCUT2D eigenvalue weighted by atomic mass is 10.1. The SMILES string of the molecule is CCn1c(SCC(=O)N(C)CCc2ccc(OC)c(OC)c2)nnc1-c1ccc(OC)cc1. The van der Waals surface area contributed by atoms with Crippen LogP contribution in [-0.4, -0.2) is 66.2 Å². The molecule has 0 atom stereocenters. The second-order valence-corrected chi connectivity index (χ2v) is 8.26. The van der Waals surface area contributed by atoms with Crippen LogP contribution in [0.4, 0.5) is 0 Å². The van der Waals surface area contributed by atoms with Crippen molar-refractivity contribution in [3.8, 4) is 28.6 Å². The Morgan fingerprint density at radius 2 is 1.73 bits per heavy atom. The molecule has 33 heavy (non-hydrogen) atoms. The predicted octanol–water partition coefficient (Wildman–Crippen LogP) is 3.78. The van der Waals surface area contributed by atoms with E-state index in [1.165, 1.54) is 11.8 Å². The molecule has 0 aliphatic rings. The van der Waals surface area contributed by atoms with E-state index < -0.39 is 0 Å². The Hall–Kier alpha value is -3.20. The van der Waals surface area contributed by atoms with Gasteiger partial charge in [-0.2, -0.15) is 0 Å². The quantitative estimate of drug-likeness (QED) is 0.395. The summed E-state index contributed by atoms with van der Waals surface area (Å²) in [7, 11) is 6.68. The van der Waals surface area contributed by atoms with Crippen LogP contribution in [0.3, 0.4) is 0 Å². The largest absolute Gasteiger partial charge is 0.497 e. The lowest BCUT2D eigenvalue weighted by molar-refractivity contribution is -0.127. The van der Waals surface area contributed by atoms with Crippen LogP contribution in [0, 0.1) is 0 Å². The molecule has 3 rings (SSSR count). The highest BCUT2D eigenvalue weighted by atomic mass is 32.2. The van der Waals surface area contributed by atoms with E-state index in [4.69, 9.17) is 14.2 Å². The van der Waals surface area contributed by atoms with E-state index in [1.807, 2.05) is 61.0 Å². The molecule has 0 unspecified atom stereocenters. The van der Waals surface area contributed by atoms with Gasteiger partial charge in [0.1, 0.15) is 5.75 Å². The zero-order valence-electron chi connectivity index (χ0n) is 19.7. The van der Waals surface area contributed by atoms with Gasteiger partial charge in [0.05, 0.1) is 27.1 Å². The molecule has 0 bridgehead atoms. The van der Waals surface area contributed by atoms with Gasteiger partial charge in [0.25, 0.3) is 0 Å². The number of hydrogen-bond acceptors (Lipinski definition) is 7. The summed E-state index contributed by atoms with van der Waals surface area (Å²) in [5.41, 5.74) is 2.03. The van der Waals surface area contributed by atoms with E-state index in [9.17, 15) is 4.79 Å². The van der Waals surface area contributed by atoms with Crippen molar-refractivity contribution < 1.29 is 19.0 Å². The molecule has 176 valence electrons. The molecule has 0 spiro atoms. The minimum Gasteiger partial charge on any atom is -0.497 e. The van der Waals surface area contributed by atoms with Crippen LogP contribution in [0.15, 0.2) is 47.6 Å². The smallest absolute Gasteiger partial charge is 0.232 e. The molecule has 2 aromatic carbocycles. The van der Waals surface area contributed by atoms with E-state index in [1.54, 1.807) is 26.2 Å². The van der Waals surface area contributed by atoms with Crippen LogP contribution in [0.1, 0.15) is 12.5 Å². The molecule has 1 amide bonds. The lowest BCUT2D eigenvalue weighted by Crippen LogP contribution is -2.30. The minimum atomic E-state index is 0.0390. The van der Waals surface area contributed by atoms with Crippen LogP contribution in [0.25, 0.3) is 11.4 Å². The molecule has 0 aliphatic carbocycles. The third kappa shape index (κ3) is 5.98. The van der Waals surface area contributed by atoms with E-state index in [0.717, 1.165) is 34.3 Å². The van der Waals surface area contributed by atoms with Crippen LogP contribution in [-0.2, 0) is 17.8 Å². The summed E-state index contributed by atoms with van der Waals surface area (Å²) < 4.78 is 17.9. The number of methoxy groups -OCH3 is 3. The molecule has 0 radical (unpaired) electrons. The fraction of sp³-hybridized carbons (Fsp3) is 0.375. The standard InChI is InChI=1S/C24H30N4O4S/c1-6-28-23(18-8-10-19(30-3)11-9-18)25-26-24(28)33-16-22(29)27(2)14-13-17-7-12-20(31-4)21(15-17)32-5/h7-12,15H,6,13-14,16H2,1-5H3. The van der Waals surface area contributed by atoms with E-state index in [0.29, 0.717) is 30.3 Å². The molecule has 8 nitrogen and oxygen atoms in total. The molecule has 1 aromatic heterocycles. The first kappa shape index (κ1) is 24.4. The molecule has 0 saturated carbocycles. The number of carbonyl (C=O) groups is 1. The lowest BCUT2D eigenvalue weighted by Gasteiger charge is -2.17. The summed E-state index contributed by atoms with van der Waals surface area (Å²) in [6.45, 7) is 3.35. The molecule has 9 heteroatoms. The van der Waals surface area contributed by atoms with Crippen molar-refractivity contribution in [1.29, 1.82) is 0 Å². The number of ether oxygens (including phenoxy) is 3. The van der Waals surface area contributed by atoms with Gasteiger partial charge in [-0.1, -0.05) is 17.8 Å². The Kier molecular flexibility index (Phi) is 8.59. The van der Waals surface area contributed by atoms with Crippen molar-refractivity contribution in [3.05, 3.63) is 48.0 Å². The number of rotatable bonds is 11. The second kappa shape index (κ2) is 11.6. The van der Waals surface area contributed by atoms with Gasteiger partial charge in [-0.25, -0.2) is 0 Å². The summed E-state index contributed by atoms with van der Waals surface area (Å²) >= 11 is 1.40. The number of carbonyl (C=O) groups excluding carboxylic acids is 1. The van der Waals surface area contributed by atoms with Gasteiger partial charge in [-0.05, 0) is 55.3 Å². The van der Waals surface area contributed by atoms with E-state index in [2.05, 4.69) is 10.2 Å². The molecule has 3 aromatic rings. The Morgan fingerprint density at radius 3 is 2.36 bits per heavy atom. The summed E-state index contributed by atoms with van der Waals surface area (Å²) in [5, 5.41) is 9.39. The molecule has 0 fully saturated rings. The average molecular weight is 471 g/mol. The van der Waals surface area contributed by atoms with Gasteiger partial charge < -0.3 is 23.7 Å². The van der Waals surface area contributed by atoms with E-state index in [-0.39, 0.29) is 5.91 Å².